The second-order valence-electron chi connectivity index (χ2n) is 12.6. The molecule has 0 bridgehead atoms. The molecule has 2 aromatic heterocycles. The summed E-state index contributed by atoms with van der Waals surface area (Å²) in [6, 6.07) is 43.9. The Morgan fingerprint density at radius 3 is 1.33 bits per heavy atom. The van der Waals surface area contributed by atoms with Crippen molar-refractivity contribution < 1.29 is 8.83 Å². The van der Waals surface area contributed by atoms with Crippen LogP contribution >= 0.6 is 0 Å². The molecule has 2 heterocycles. The highest BCUT2D eigenvalue weighted by Gasteiger charge is 2.35. The maximum atomic E-state index is 6.24. The Morgan fingerprint density at radius 1 is 0.395 bits per heavy atom. The summed E-state index contributed by atoms with van der Waals surface area (Å²) in [6.45, 7) is 4.74. The van der Waals surface area contributed by atoms with Crippen LogP contribution in [0, 0.1) is 0 Å². The molecule has 0 atom stereocenters. The normalized spacial score (nSPS) is 14.0. The van der Waals surface area contributed by atoms with E-state index in [1.807, 2.05) is 24.3 Å². The van der Waals surface area contributed by atoms with E-state index in [1.165, 1.54) is 54.9 Å². The third kappa shape index (κ3) is 3.08. The lowest BCUT2D eigenvalue weighted by atomic mass is 9.80. The van der Waals surface area contributed by atoms with Gasteiger partial charge in [0.1, 0.15) is 22.3 Å². The first-order valence-electron chi connectivity index (χ1n) is 14.9. The maximum absolute atomic E-state index is 6.24. The molecular weight excluding hydrogens is 524 g/mol. The highest BCUT2D eigenvalue weighted by molar-refractivity contribution is 6.17. The number of hydrogen-bond acceptors (Lipinski definition) is 2. The Bertz CT molecular complexity index is 2460. The molecule has 0 N–H and O–H groups in total. The van der Waals surface area contributed by atoms with E-state index >= 15 is 0 Å². The number of hydrogen-bond donors (Lipinski definition) is 0. The number of furan rings is 2. The van der Waals surface area contributed by atoms with Gasteiger partial charge in [-0.2, -0.15) is 0 Å². The maximum Gasteiger partial charge on any atom is 0.136 e. The molecule has 0 fully saturated rings. The molecule has 0 saturated heterocycles. The van der Waals surface area contributed by atoms with E-state index in [0.717, 1.165) is 43.9 Å². The fourth-order valence-electron chi connectivity index (χ4n) is 7.60. The van der Waals surface area contributed by atoms with E-state index < -0.39 is 0 Å². The van der Waals surface area contributed by atoms with Crippen LogP contribution in [0.4, 0.5) is 0 Å². The predicted molar refractivity (Wildman–Crippen MR) is 179 cm³/mol. The molecule has 9 aromatic rings. The summed E-state index contributed by atoms with van der Waals surface area (Å²) in [6.07, 6.45) is 0. The summed E-state index contributed by atoms with van der Waals surface area (Å²) in [5.74, 6) is 0. The summed E-state index contributed by atoms with van der Waals surface area (Å²) in [4.78, 5) is 0. The van der Waals surface area contributed by atoms with E-state index in [1.54, 1.807) is 0 Å². The Balaban J connectivity index is 1.14. The van der Waals surface area contributed by atoms with Crippen LogP contribution in [0.1, 0.15) is 25.0 Å². The third-order valence-electron chi connectivity index (χ3n) is 9.80. The highest BCUT2D eigenvalue weighted by Crippen LogP contribution is 2.51. The van der Waals surface area contributed by atoms with Gasteiger partial charge in [0.05, 0.1) is 0 Å². The van der Waals surface area contributed by atoms with E-state index in [0.29, 0.717) is 0 Å². The molecule has 0 aliphatic heterocycles. The van der Waals surface area contributed by atoms with Gasteiger partial charge in [-0.25, -0.2) is 0 Å². The van der Waals surface area contributed by atoms with E-state index in [4.69, 9.17) is 8.83 Å². The first-order chi connectivity index (χ1) is 21.0. The van der Waals surface area contributed by atoms with Gasteiger partial charge in [0.2, 0.25) is 0 Å². The molecule has 0 radical (unpaired) electrons. The minimum atomic E-state index is -0.140. The fourth-order valence-corrected chi connectivity index (χ4v) is 7.60. The first kappa shape index (κ1) is 23.2. The van der Waals surface area contributed by atoms with Gasteiger partial charge in [-0.05, 0) is 116 Å². The van der Waals surface area contributed by atoms with Gasteiger partial charge >= 0.3 is 0 Å². The molecule has 1 aliphatic rings. The summed E-state index contributed by atoms with van der Waals surface area (Å²) < 4.78 is 12.5. The van der Waals surface area contributed by atoms with Crippen LogP contribution in [-0.2, 0) is 5.41 Å². The minimum Gasteiger partial charge on any atom is -0.456 e. The number of para-hydroxylation sites is 2. The first-order valence-corrected chi connectivity index (χ1v) is 14.9. The zero-order valence-corrected chi connectivity index (χ0v) is 23.9. The molecule has 2 heteroatoms. The van der Waals surface area contributed by atoms with Gasteiger partial charge in [0, 0.05) is 27.0 Å². The summed E-state index contributed by atoms with van der Waals surface area (Å²) in [5, 5.41) is 9.97. The molecular formula is C41H26O2. The zero-order chi connectivity index (χ0) is 28.4. The van der Waals surface area contributed by atoms with E-state index in [-0.39, 0.29) is 5.41 Å². The van der Waals surface area contributed by atoms with Crippen LogP contribution < -0.4 is 0 Å². The number of benzene rings is 7. The molecule has 0 amide bonds. The van der Waals surface area contributed by atoms with Crippen LogP contribution in [0.2, 0.25) is 0 Å². The Hall–Kier alpha value is -5.34. The van der Waals surface area contributed by atoms with Gasteiger partial charge in [-0.3, -0.25) is 0 Å². The van der Waals surface area contributed by atoms with Gasteiger partial charge in [-0.15, -0.1) is 0 Å². The monoisotopic (exact) mass is 550 g/mol. The van der Waals surface area contributed by atoms with Crippen LogP contribution in [0.15, 0.2) is 130 Å². The van der Waals surface area contributed by atoms with Crippen molar-refractivity contribution in [2.45, 2.75) is 19.3 Å². The number of fused-ring (bicyclic) bond motifs is 6. The van der Waals surface area contributed by atoms with E-state index in [2.05, 4.69) is 111 Å². The largest absolute Gasteiger partial charge is 0.456 e. The SMILES string of the molecule is CC1(C)c2cc(-c3ccc4c(c3)oc3ccccc34)cc3ccc4cc(-c5ccc6c(c5)oc5ccccc56)cc1c4c23. The smallest absolute Gasteiger partial charge is 0.136 e. The van der Waals surface area contributed by atoms with Crippen molar-refractivity contribution in [1.29, 1.82) is 0 Å². The quantitative estimate of drug-likeness (QED) is 0.200. The topological polar surface area (TPSA) is 26.3 Å². The van der Waals surface area contributed by atoms with Crippen molar-refractivity contribution in [2.24, 2.45) is 0 Å². The van der Waals surface area contributed by atoms with Crippen molar-refractivity contribution in [3.63, 3.8) is 0 Å². The van der Waals surface area contributed by atoms with Crippen LogP contribution in [0.3, 0.4) is 0 Å². The lowest BCUT2D eigenvalue weighted by molar-refractivity contribution is 0.663. The second kappa shape index (κ2) is 7.93. The molecule has 43 heavy (non-hydrogen) atoms. The van der Waals surface area contributed by atoms with Crippen molar-refractivity contribution in [2.75, 3.05) is 0 Å². The summed E-state index contributed by atoms with van der Waals surface area (Å²) in [7, 11) is 0. The summed E-state index contributed by atoms with van der Waals surface area (Å²) >= 11 is 0. The van der Waals surface area contributed by atoms with E-state index in [9.17, 15) is 0 Å². The van der Waals surface area contributed by atoms with Crippen LogP contribution in [0.25, 0.3) is 87.7 Å². The molecule has 2 nitrogen and oxygen atoms in total. The molecule has 1 aliphatic carbocycles. The Morgan fingerprint density at radius 2 is 0.837 bits per heavy atom. The average Bonchev–Trinajstić information content (AvgIpc) is 3.67. The predicted octanol–water partition coefficient (Wildman–Crippen LogP) is 11.8. The van der Waals surface area contributed by atoms with Gasteiger partial charge in [-0.1, -0.05) is 74.5 Å². The Labute approximate surface area is 247 Å². The molecule has 0 saturated carbocycles. The van der Waals surface area contributed by atoms with Crippen LogP contribution in [0.5, 0.6) is 0 Å². The summed E-state index contributed by atoms with van der Waals surface area (Å²) in [5.41, 5.74) is 11.2. The van der Waals surface area contributed by atoms with Gasteiger partial charge in [0.15, 0.2) is 0 Å². The highest BCUT2D eigenvalue weighted by atomic mass is 16.3. The molecule has 0 spiro atoms. The van der Waals surface area contributed by atoms with Crippen molar-refractivity contribution in [3.05, 3.63) is 132 Å². The fraction of sp³-hybridized carbons (Fsp3) is 0.0732. The van der Waals surface area contributed by atoms with Crippen molar-refractivity contribution >= 4 is 65.4 Å². The molecule has 202 valence electrons. The van der Waals surface area contributed by atoms with Gasteiger partial charge in [0.25, 0.3) is 0 Å². The van der Waals surface area contributed by atoms with Gasteiger partial charge < -0.3 is 8.83 Å². The average molecular weight is 551 g/mol. The molecule has 0 unspecified atom stereocenters. The Kier molecular flexibility index (Phi) is 4.29. The molecule has 7 aromatic carbocycles. The minimum absolute atomic E-state index is 0.140. The third-order valence-corrected chi connectivity index (χ3v) is 9.80. The van der Waals surface area contributed by atoms with Crippen molar-refractivity contribution in [1.82, 2.24) is 0 Å². The lowest BCUT2D eigenvalue weighted by Crippen LogP contribution is -2.15. The number of rotatable bonds is 2. The standard InChI is InChI=1S/C41H26O2/c1-41(2)33-19-27(23-13-15-31-29-7-3-5-9-35(29)42-37(31)21-23)17-25-11-12-26-18-28(20-34(41)40(26)39(25)33)24-14-16-32-30-8-4-6-10-36(30)43-38(32)22-24/h3-22H,1-2H3. The second-order valence-corrected chi connectivity index (χ2v) is 12.6. The van der Waals surface area contributed by atoms with Crippen LogP contribution in [-0.4, -0.2) is 0 Å². The molecule has 10 rings (SSSR count). The van der Waals surface area contributed by atoms with Crippen molar-refractivity contribution in [3.8, 4) is 22.3 Å². The zero-order valence-electron chi connectivity index (χ0n) is 23.9. The lowest BCUT2D eigenvalue weighted by Gasteiger charge is -2.23.